The summed E-state index contributed by atoms with van der Waals surface area (Å²) >= 11 is 0. The number of ether oxygens (including phenoxy) is 3. The van der Waals surface area contributed by atoms with Gasteiger partial charge in [-0.1, -0.05) is 244 Å². The lowest BCUT2D eigenvalue weighted by atomic mass is 10.1. The van der Waals surface area contributed by atoms with Gasteiger partial charge in [0.15, 0.2) is 6.10 Å². The monoisotopic (exact) mass is 1050 g/mol. The molecular formula is C70H114O6. The lowest BCUT2D eigenvalue weighted by Gasteiger charge is -2.18. The Morgan fingerprint density at radius 3 is 0.816 bits per heavy atom. The van der Waals surface area contributed by atoms with Crippen molar-refractivity contribution in [3.63, 3.8) is 0 Å². The summed E-state index contributed by atoms with van der Waals surface area (Å²) in [6, 6.07) is 0. The number of carbonyl (C=O) groups excluding carboxylic acids is 3. The van der Waals surface area contributed by atoms with Gasteiger partial charge in [0, 0.05) is 19.3 Å². The quantitative estimate of drug-likeness (QED) is 0.0261. The molecule has 0 aromatic heterocycles. The van der Waals surface area contributed by atoms with Crippen molar-refractivity contribution in [1.82, 2.24) is 0 Å². The van der Waals surface area contributed by atoms with Crippen LogP contribution in [0.25, 0.3) is 0 Å². The van der Waals surface area contributed by atoms with Gasteiger partial charge in [-0.05, 0) is 141 Å². The van der Waals surface area contributed by atoms with Crippen LogP contribution in [0.15, 0.2) is 134 Å². The van der Waals surface area contributed by atoms with Crippen LogP contribution in [0.5, 0.6) is 0 Å². The van der Waals surface area contributed by atoms with E-state index in [1.807, 2.05) is 0 Å². The van der Waals surface area contributed by atoms with Crippen molar-refractivity contribution < 1.29 is 28.6 Å². The van der Waals surface area contributed by atoms with Gasteiger partial charge in [0.25, 0.3) is 0 Å². The summed E-state index contributed by atoms with van der Waals surface area (Å²) in [6.07, 6.45) is 88.8. The molecule has 0 aliphatic rings. The molecule has 0 spiro atoms. The Hall–Kier alpha value is -4.45. The van der Waals surface area contributed by atoms with Crippen molar-refractivity contribution in [2.45, 2.75) is 277 Å². The highest BCUT2D eigenvalue weighted by Gasteiger charge is 2.19. The van der Waals surface area contributed by atoms with Crippen LogP contribution in [-0.4, -0.2) is 37.2 Å². The Labute approximate surface area is 468 Å². The molecule has 0 rings (SSSR count). The van der Waals surface area contributed by atoms with Crippen LogP contribution in [0.4, 0.5) is 0 Å². The fourth-order valence-electron chi connectivity index (χ4n) is 8.19. The number of rotatable bonds is 55. The third-order valence-electron chi connectivity index (χ3n) is 12.9. The number of unbranched alkanes of at least 4 members (excludes halogenated alkanes) is 22. The third kappa shape index (κ3) is 60.4. The van der Waals surface area contributed by atoms with E-state index in [4.69, 9.17) is 14.2 Å². The Morgan fingerprint density at radius 2 is 0.513 bits per heavy atom. The zero-order chi connectivity index (χ0) is 55.0. The number of esters is 3. The molecule has 0 N–H and O–H groups in total. The van der Waals surface area contributed by atoms with Gasteiger partial charge in [0.05, 0.1) is 0 Å². The SMILES string of the molecule is CC/C=C\C/C=C\C/C=C\C/C=C\C/C=C\C/C=C\C/C=C\C/C=C\CCCCCCC(=O)OCC(COC(=O)CCCCCCC/C=C\CCCCCC)OC(=O)CCCCCCC/C=C\C/C=C\CCCCCC. The zero-order valence-electron chi connectivity index (χ0n) is 49.2. The van der Waals surface area contributed by atoms with Crippen molar-refractivity contribution >= 4 is 17.9 Å². The molecule has 0 aliphatic carbocycles. The van der Waals surface area contributed by atoms with Crippen molar-refractivity contribution in [3.05, 3.63) is 134 Å². The molecule has 0 heterocycles. The molecule has 0 aliphatic heterocycles. The van der Waals surface area contributed by atoms with Crippen molar-refractivity contribution in [1.29, 1.82) is 0 Å². The van der Waals surface area contributed by atoms with Gasteiger partial charge in [-0.2, -0.15) is 0 Å². The lowest BCUT2D eigenvalue weighted by Crippen LogP contribution is -2.30. The first-order chi connectivity index (χ1) is 37.5. The second-order valence-corrected chi connectivity index (χ2v) is 20.2. The van der Waals surface area contributed by atoms with E-state index in [9.17, 15) is 14.4 Å². The van der Waals surface area contributed by atoms with Gasteiger partial charge in [-0.15, -0.1) is 0 Å². The molecule has 1 unspecified atom stereocenters. The minimum atomic E-state index is -0.805. The Bertz CT molecular complexity index is 1630. The standard InChI is InChI=1S/C70H114O6/c1-4-7-10-13-16-19-22-25-27-29-30-31-32-33-34-35-36-37-38-39-40-41-43-45-48-51-54-57-60-63-69(72)75-66-67(65-74-68(71)62-59-56-53-50-47-44-24-21-18-15-12-9-6-3)76-70(73)64-61-58-55-52-49-46-42-28-26-23-20-17-14-11-8-5-2/h7,10,16,19-21,23-25,27-28,30-31,33-34,36-37,39-40,42-43,45,67H,4-6,8-9,11-15,17-18,22,26,29,32,35,38,41,44,46-66H2,1-3H3/b10-7-,19-16-,23-20-,24-21-,27-25-,31-30-,34-33-,37-36-,40-39-,42-28-,45-43-. The van der Waals surface area contributed by atoms with Gasteiger partial charge in [0.2, 0.25) is 0 Å². The van der Waals surface area contributed by atoms with Crippen molar-refractivity contribution in [2.75, 3.05) is 13.2 Å². The van der Waals surface area contributed by atoms with Crippen LogP contribution in [0, 0.1) is 0 Å². The fraction of sp³-hybridized carbons (Fsp3) is 0.643. The first-order valence-electron chi connectivity index (χ1n) is 31.2. The molecule has 0 amide bonds. The highest BCUT2D eigenvalue weighted by atomic mass is 16.6. The van der Waals surface area contributed by atoms with Crippen LogP contribution in [0.2, 0.25) is 0 Å². The van der Waals surface area contributed by atoms with Crippen LogP contribution in [0.1, 0.15) is 271 Å². The Morgan fingerprint density at radius 1 is 0.276 bits per heavy atom. The average Bonchev–Trinajstić information content (AvgIpc) is 3.42. The molecule has 1 atom stereocenters. The topological polar surface area (TPSA) is 78.9 Å². The van der Waals surface area contributed by atoms with Crippen LogP contribution in [-0.2, 0) is 28.6 Å². The molecular weight excluding hydrogens is 937 g/mol. The minimum Gasteiger partial charge on any atom is -0.462 e. The molecule has 430 valence electrons. The van der Waals surface area contributed by atoms with Gasteiger partial charge in [0.1, 0.15) is 13.2 Å². The summed E-state index contributed by atoms with van der Waals surface area (Å²) < 4.78 is 16.9. The van der Waals surface area contributed by atoms with Gasteiger partial charge in [-0.3, -0.25) is 14.4 Å². The van der Waals surface area contributed by atoms with E-state index < -0.39 is 6.10 Å². The molecule has 76 heavy (non-hydrogen) atoms. The molecule has 0 radical (unpaired) electrons. The van der Waals surface area contributed by atoms with E-state index >= 15 is 0 Å². The third-order valence-corrected chi connectivity index (χ3v) is 12.9. The maximum atomic E-state index is 12.9. The number of allylic oxidation sites excluding steroid dienone is 22. The van der Waals surface area contributed by atoms with Crippen LogP contribution < -0.4 is 0 Å². The van der Waals surface area contributed by atoms with E-state index in [0.29, 0.717) is 19.3 Å². The molecule has 0 bridgehead atoms. The fourth-order valence-corrected chi connectivity index (χ4v) is 8.19. The maximum Gasteiger partial charge on any atom is 0.306 e. The summed E-state index contributed by atoms with van der Waals surface area (Å²) in [5.74, 6) is -0.948. The van der Waals surface area contributed by atoms with Gasteiger partial charge >= 0.3 is 17.9 Å². The number of carbonyl (C=O) groups is 3. The largest absolute Gasteiger partial charge is 0.462 e. The molecule has 0 fully saturated rings. The van der Waals surface area contributed by atoms with Crippen molar-refractivity contribution in [2.24, 2.45) is 0 Å². The first kappa shape index (κ1) is 71.5. The summed E-state index contributed by atoms with van der Waals surface area (Å²) in [5, 5.41) is 0. The molecule has 6 heteroatoms. The highest BCUT2D eigenvalue weighted by molar-refractivity contribution is 5.71. The lowest BCUT2D eigenvalue weighted by molar-refractivity contribution is -0.167. The summed E-state index contributed by atoms with van der Waals surface area (Å²) in [6.45, 7) is 6.45. The second kappa shape index (κ2) is 63.1. The average molecular weight is 1050 g/mol. The van der Waals surface area contributed by atoms with E-state index in [-0.39, 0.29) is 31.1 Å². The molecule has 0 saturated carbocycles. The molecule has 0 saturated heterocycles. The van der Waals surface area contributed by atoms with Gasteiger partial charge in [-0.25, -0.2) is 0 Å². The van der Waals surface area contributed by atoms with E-state index in [1.165, 1.54) is 70.6 Å². The van der Waals surface area contributed by atoms with Gasteiger partial charge < -0.3 is 14.2 Å². The van der Waals surface area contributed by atoms with Crippen molar-refractivity contribution in [3.8, 4) is 0 Å². The number of hydrogen-bond donors (Lipinski definition) is 0. The van der Waals surface area contributed by atoms with E-state index in [1.54, 1.807) is 0 Å². The second-order valence-electron chi connectivity index (χ2n) is 20.2. The zero-order valence-corrected chi connectivity index (χ0v) is 49.2. The first-order valence-corrected chi connectivity index (χ1v) is 31.2. The molecule has 6 nitrogen and oxygen atoms in total. The Balaban J connectivity index is 4.41. The summed E-state index contributed by atoms with van der Waals surface area (Å²) in [7, 11) is 0. The highest BCUT2D eigenvalue weighted by Crippen LogP contribution is 2.14. The van der Waals surface area contributed by atoms with Crippen LogP contribution >= 0.6 is 0 Å². The number of hydrogen-bond acceptors (Lipinski definition) is 6. The predicted octanol–water partition coefficient (Wildman–Crippen LogP) is 21.4. The Kier molecular flexibility index (Phi) is 59.4. The minimum absolute atomic E-state index is 0.0995. The van der Waals surface area contributed by atoms with E-state index in [2.05, 4.69) is 154 Å². The smallest absolute Gasteiger partial charge is 0.306 e. The van der Waals surface area contributed by atoms with E-state index in [0.717, 1.165) is 161 Å². The molecule has 0 aromatic carbocycles. The normalized spacial score (nSPS) is 13.0. The van der Waals surface area contributed by atoms with Crippen LogP contribution in [0.3, 0.4) is 0 Å². The molecule has 0 aromatic rings. The maximum absolute atomic E-state index is 12.9. The summed E-state index contributed by atoms with van der Waals surface area (Å²) in [5.41, 5.74) is 0. The predicted molar refractivity (Wildman–Crippen MR) is 329 cm³/mol. The summed E-state index contributed by atoms with van der Waals surface area (Å²) in [4.78, 5) is 38.2.